The molecule has 5 nitrogen and oxygen atoms in total. The van der Waals surface area contributed by atoms with Gasteiger partial charge in [-0.25, -0.2) is 0 Å². The van der Waals surface area contributed by atoms with Gasteiger partial charge < -0.3 is 14.8 Å². The van der Waals surface area contributed by atoms with Crippen molar-refractivity contribution in [3.8, 4) is 17.6 Å². The van der Waals surface area contributed by atoms with Crippen LogP contribution >= 0.6 is 27.5 Å². The van der Waals surface area contributed by atoms with Crippen molar-refractivity contribution in [2.45, 2.75) is 20.5 Å². The van der Waals surface area contributed by atoms with Crippen LogP contribution in [0.1, 0.15) is 22.3 Å². The molecular formula is C26H22BrClN2O3. The van der Waals surface area contributed by atoms with Gasteiger partial charge in [0.25, 0.3) is 5.91 Å². The molecule has 7 heteroatoms. The summed E-state index contributed by atoms with van der Waals surface area (Å²) >= 11 is 9.81. The third kappa shape index (κ3) is 6.61. The van der Waals surface area contributed by atoms with E-state index in [9.17, 15) is 10.1 Å². The van der Waals surface area contributed by atoms with E-state index in [4.69, 9.17) is 21.1 Å². The third-order valence-corrected chi connectivity index (χ3v) is 5.50. The fraction of sp³-hybridized carbons (Fsp3) is 0.154. The summed E-state index contributed by atoms with van der Waals surface area (Å²) in [6, 6.07) is 18.5. The van der Waals surface area contributed by atoms with Crippen LogP contribution in [0, 0.1) is 25.2 Å². The lowest BCUT2D eigenvalue weighted by Gasteiger charge is -2.14. The number of amides is 1. The number of halogens is 2. The average Bonchev–Trinajstić information content (AvgIpc) is 2.77. The second kappa shape index (κ2) is 11.0. The van der Waals surface area contributed by atoms with Gasteiger partial charge in [0, 0.05) is 10.2 Å². The normalized spacial score (nSPS) is 11.0. The van der Waals surface area contributed by atoms with E-state index < -0.39 is 5.91 Å². The second-order valence-corrected chi connectivity index (χ2v) is 8.77. The van der Waals surface area contributed by atoms with Gasteiger partial charge in [-0.2, -0.15) is 5.26 Å². The SMILES string of the molecule is COc1cc(/C=C(\C#N)C(=O)Nc2ccc(Br)cc2)cc(Cl)c1OCc1cc(C)cc(C)c1. The Labute approximate surface area is 206 Å². The molecule has 0 aliphatic carbocycles. The molecule has 0 radical (unpaired) electrons. The number of carbonyl (C=O) groups excluding carboxylic acids is 1. The Balaban J connectivity index is 1.82. The number of ether oxygens (including phenoxy) is 2. The van der Waals surface area contributed by atoms with Crippen LogP contribution in [0.2, 0.25) is 5.02 Å². The number of hydrogen-bond donors (Lipinski definition) is 1. The number of benzene rings is 3. The van der Waals surface area contributed by atoms with Crippen molar-refractivity contribution in [1.82, 2.24) is 0 Å². The number of nitriles is 1. The second-order valence-electron chi connectivity index (χ2n) is 7.45. The molecule has 0 bridgehead atoms. The first kappa shape index (κ1) is 24.4. The molecular weight excluding hydrogens is 504 g/mol. The van der Waals surface area contributed by atoms with Crippen LogP contribution in [-0.2, 0) is 11.4 Å². The Morgan fingerprint density at radius 1 is 1.12 bits per heavy atom. The van der Waals surface area contributed by atoms with E-state index in [-0.39, 0.29) is 5.57 Å². The number of methoxy groups -OCH3 is 1. The molecule has 0 unspecified atom stereocenters. The summed E-state index contributed by atoms with van der Waals surface area (Å²) < 4.78 is 12.3. The highest BCUT2D eigenvalue weighted by Gasteiger charge is 2.15. The van der Waals surface area contributed by atoms with Crippen LogP contribution in [0.15, 0.2) is 64.6 Å². The first-order chi connectivity index (χ1) is 15.8. The Hall–Kier alpha value is -3.27. The van der Waals surface area contributed by atoms with Crippen LogP contribution in [0.4, 0.5) is 5.69 Å². The summed E-state index contributed by atoms with van der Waals surface area (Å²) in [5.41, 5.74) is 4.37. The molecule has 0 aliphatic rings. The van der Waals surface area contributed by atoms with Crippen molar-refractivity contribution in [3.05, 3.63) is 91.9 Å². The van der Waals surface area contributed by atoms with Crippen molar-refractivity contribution in [2.75, 3.05) is 12.4 Å². The molecule has 0 atom stereocenters. The molecule has 33 heavy (non-hydrogen) atoms. The highest BCUT2D eigenvalue weighted by Crippen LogP contribution is 2.37. The molecule has 1 N–H and O–H groups in total. The lowest BCUT2D eigenvalue weighted by molar-refractivity contribution is -0.112. The van der Waals surface area contributed by atoms with Crippen molar-refractivity contribution in [3.63, 3.8) is 0 Å². The van der Waals surface area contributed by atoms with Crippen LogP contribution < -0.4 is 14.8 Å². The molecule has 0 aliphatic heterocycles. The van der Waals surface area contributed by atoms with Gasteiger partial charge >= 0.3 is 0 Å². The molecule has 0 heterocycles. The van der Waals surface area contributed by atoms with E-state index in [0.29, 0.717) is 34.4 Å². The van der Waals surface area contributed by atoms with Gasteiger partial charge in [0.05, 0.1) is 12.1 Å². The van der Waals surface area contributed by atoms with Crippen molar-refractivity contribution in [2.24, 2.45) is 0 Å². The number of aryl methyl sites for hydroxylation is 2. The number of carbonyl (C=O) groups is 1. The lowest BCUT2D eigenvalue weighted by atomic mass is 10.1. The number of hydrogen-bond acceptors (Lipinski definition) is 4. The molecule has 0 spiro atoms. The van der Waals surface area contributed by atoms with Gasteiger partial charge in [-0.3, -0.25) is 4.79 Å². The highest BCUT2D eigenvalue weighted by atomic mass is 79.9. The monoisotopic (exact) mass is 524 g/mol. The first-order valence-electron chi connectivity index (χ1n) is 10.0. The van der Waals surface area contributed by atoms with Crippen LogP contribution in [0.3, 0.4) is 0 Å². The smallest absolute Gasteiger partial charge is 0.266 e. The summed E-state index contributed by atoms with van der Waals surface area (Å²) in [5.74, 6) is 0.280. The zero-order valence-electron chi connectivity index (χ0n) is 18.4. The standard InChI is InChI=1S/C26H22BrClN2O3/c1-16-8-17(2)10-19(9-16)15-33-25-23(28)12-18(13-24(25)32-3)11-20(14-29)26(31)30-22-6-4-21(27)5-7-22/h4-13H,15H2,1-3H3,(H,30,31)/b20-11+. The lowest BCUT2D eigenvalue weighted by Crippen LogP contribution is -2.13. The number of nitrogens with zero attached hydrogens (tertiary/aromatic N) is 1. The molecule has 0 aromatic heterocycles. The van der Waals surface area contributed by atoms with Gasteiger partial charge in [-0.1, -0.05) is 56.9 Å². The van der Waals surface area contributed by atoms with Gasteiger partial charge in [-0.05, 0) is 67.4 Å². The number of anilines is 1. The third-order valence-electron chi connectivity index (χ3n) is 4.69. The average molecular weight is 526 g/mol. The fourth-order valence-electron chi connectivity index (χ4n) is 3.32. The van der Waals surface area contributed by atoms with Gasteiger partial charge in [0.2, 0.25) is 0 Å². The van der Waals surface area contributed by atoms with E-state index in [1.54, 1.807) is 36.4 Å². The maximum absolute atomic E-state index is 12.6. The molecule has 3 aromatic carbocycles. The van der Waals surface area contributed by atoms with Crippen molar-refractivity contribution < 1.29 is 14.3 Å². The molecule has 168 valence electrons. The summed E-state index contributed by atoms with van der Waals surface area (Å²) in [6.45, 7) is 4.39. The quantitative estimate of drug-likeness (QED) is 0.270. The van der Waals surface area contributed by atoms with Crippen LogP contribution in [0.5, 0.6) is 11.5 Å². The first-order valence-corrected chi connectivity index (χ1v) is 11.2. The maximum atomic E-state index is 12.6. The van der Waals surface area contributed by atoms with E-state index in [2.05, 4.69) is 27.3 Å². The minimum atomic E-state index is -0.523. The Morgan fingerprint density at radius 2 is 1.79 bits per heavy atom. The zero-order valence-corrected chi connectivity index (χ0v) is 20.8. The summed E-state index contributed by atoms with van der Waals surface area (Å²) in [6.07, 6.45) is 1.45. The molecule has 0 saturated heterocycles. The van der Waals surface area contributed by atoms with E-state index in [1.165, 1.54) is 13.2 Å². The molecule has 3 aromatic rings. The predicted octanol–water partition coefficient (Wildman–Crippen LogP) is 6.85. The topological polar surface area (TPSA) is 71.3 Å². The molecule has 0 fully saturated rings. The number of rotatable bonds is 7. The van der Waals surface area contributed by atoms with Gasteiger partial charge in [0.15, 0.2) is 11.5 Å². The summed E-state index contributed by atoms with van der Waals surface area (Å²) in [4.78, 5) is 12.6. The van der Waals surface area contributed by atoms with Crippen LogP contribution in [-0.4, -0.2) is 13.0 Å². The highest BCUT2D eigenvalue weighted by molar-refractivity contribution is 9.10. The van der Waals surface area contributed by atoms with E-state index in [0.717, 1.165) is 21.2 Å². The Bertz CT molecular complexity index is 1230. The molecule has 1 amide bonds. The van der Waals surface area contributed by atoms with Gasteiger partial charge in [-0.15, -0.1) is 0 Å². The fourth-order valence-corrected chi connectivity index (χ4v) is 3.86. The van der Waals surface area contributed by atoms with E-state index >= 15 is 0 Å². The zero-order chi connectivity index (χ0) is 24.0. The molecule has 0 saturated carbocycles. The van der Waals surface area contributed by atoms with E-state index in [1.807, 2.05) is 32.0 Å². The summed E-state index contributed by atoms with van der Waals surface area (Å²) in [5, 5.41) is 12.5. The van der Waals surface area contributed by atoms with Crippen molar-refractivity contribution >= 4 is 45.2 Å². The maximum Gasteiger partial charge on any atom is 0.266 e. The minimum absolute atomic E-state index is 0.0695. The largest absolute Gasteiger partial charge is 0.493 e. The summed E-state index contributed by atoms with van der Waals surface area (Å²) in [7, 11) is 1.51. The Kier molecular flexibility index (Phi) is 8.16. The van der Waals surface area contributed by atoms with Gasteiger partial charge in [0.1, 0.15) is 18.2 Å². The molecule has 3 rings (SSSR count). The predicted molar refractivity (Wildman–Crippen MR) is 135 cm³/mol. The Morgan fingerprint density at radius 3 is 2.39 bits per heavy atom. The van der Waals surface area contributed by atoms with Crippen molar-refractivity contribution in [1.29, 1.82) is 5.26 Å². The number of nitrogens with one attached hydrogen (secondary N) is 1. The van der Waals surface area contributed by atoms with Crippen LogP contribution in [0.25, 0.3) is 6.08 Å². The minimum Gasteiger partial charge on any atom is -0.493 e.